The highest BCUT2D eigenvalue weighted by molar-refractivity contribution is 9.10. The molecule has 3 aromatic carbocycles. The topological polar surface area (TPSA) is 124 Å². The van der Waals surface area contributed by atoms with E-state index in [-0.39, 0.29) is 22.1 Å². The average Bonchev–Trinajstić information content (AvgIpc) is 2.74. The lowest BCUT2D eigenvalue weighted by atomic mass is 10.2. The summed E-state index contributed by atoms with van der Waals surface area (Å²) in [5.41, 5.74) is 1.58. The molecule has 4 aromatic rings. The lowest BCUT2D eigenvalue weighted by molar-refractivity contribution is -0.255. The van der Waals surface area contributed by atoms with Crippen molar-refractivity contribution in [3.05, 3.63) is 82.8 Å². The summed E-state index contributed by atoms with van der Waals surface area (Å²) in [5.74, 6) is -1.12. The van der Waals surface area contributed by atoms with Crippen LogP contribution in [0.1, 0.15) is 10.4 Å². The molecule has 0 spiro atoms. The number of carboxylic acids is 1. The zero-order valence-corrected chi connectivity index (χ0v) is 18.1. The molecule has 0 saturated heterocycles. The molecule has 1 heterocycles. The van der Waals surface area contributed by atoms with E-state index in [0.717, 1.165) is 4.47 Å². The molecule has 0 atom stereocenters. The number of nitrogens with zero attached hydrogens (tertiary/aromatic N) is 2. The number of aromatic nitrogens is 2. The summed E-state index contributed by atoms with van der Waals surface area (Å²) in [4.78, 5) is 19.9. The van der Waals surface area contributed by atoms with Crippen LogP contribution in [0.4, 0.5) is 17.3 Å². The maximum absolute atomic E-state index is 12.9. The van der Waals surface area contributed by atoms with Gasteiger partial charge in [0.1, 0.15) is 0 Å². The Labute approximate surface area is 186 Å². The Bertz CT molecular complexity index is 1380. The van der Waals surface area contributed by atoms with Crippen molar-refractivity contribution in [1.29, 1.82) is 0 Å². The Morgan fingerprint density at radius 2 is 1.42 bits per heavy atom. The fourth-order valence-electron chi connectivity index (χ4n) is 2.78. The van der Waals surface area contributed by atoms with Crippen molar-refractivity contribution < 1.29 is 18.3 Å². The summed E-state index contributed by atoms with van der Waals surface area (Å²) in [5, 5.41) is 13.9. The van der Waals surface area contributed by atoms with Gasteiger partial charge in [-0.2, -0.15) is 0 Å². The number of benzene rings is 3. The number of hydrogen-bond acceptors (Lipinski definition) is 7. The van der Waals surface area contributed by atoms with Crippen molar-refractivity contribution >= 4 is 60.3 Å². The third-order valence-electron chi connectivity index (χ3n) is 4.31. The largest absolute Gasteiger partial charge is 0.545 e. The first-order chi connectivity index (χ1) is 14.8. The predicted octanol–water partition coefficient (Wildman–Crippen LogP) is 3.30. The van der Waals surface area contributed by atoms with Gasteiger partial charge in [-0.05, 0) is 54.1 Å². The van der Waals surface area contributed by atoms with E-state index in [9.17, 15) is 18.3 Å². The minimum atomic E-state index is -3.93. The number of hydrogen-bond donors (Lipinski definition) is 2. The molecule has 0 bridgehead atoms. The Hall–Kier alpha value is -3.50. The van der Waals surface area contributed by atoms with Gasteiger partial charge in [-0.1, -0.05) is 40.2 Å². The van der Waals surface area contributed by atoms with Gasteiger partial charge in [-0.15, -0.1) is 0 Å². The molecule has 0 aliphatic carbocycles. The van der Waals surface area contributed by atoms with E-state index in [1.165, 1.54) is 36.4 Å². The zero-order chi connectivity index (χ0) is 22.0. The van der Waals surface area contributed by atoms with Crippen LogP contribution in [0.2, 0.25) is 0 Å². The van der Waals surface area contributed by atoms with Crippen molar-refractivity contribution in [2.75, 3.05) is 10.0 Å². The highest BCUT2D eigenvalue weighted by Gasteiger charge is 2.19. The second kappa shape index (κ2) is 8.32. The van der Waals surface area contributed by atoms with E-state index in [0.29, 0.717) is 16.7 Å². The van der Waals surface area contributed by atoms with Crippen molar-refractivity contribution in [3.63, 3.8) is 0 Å². The number of aromatic carboxylic acids is 1. The number of nitrogens with one attached hydrogen (secondary N) is 2. The van der Waals surface area contributed by atoms with Gasteiger partial charge >= 0.3 is 0 Å². The second-order valence-corrected chi connectivity index (χ2v) is 9.06. The molecule has 10 heteroatoms. The fourth-order valence-corrected chi connectivity index (χ4v) is 4.06. The maximum Gasteiger partial charge on any atom is 0.263 e. The maximum atomic E-state index is 12.9. The monoisotopic (exact) mass is 497 g/mol. The predicted molar refractivity (Wildman–Crippen MR) is 119 cm³/mol. The molecule has 0 saturated carbocycles. The molecule has 1 aromatic heterocycles. The Morgan fingerprint density at radius 1 is 0.839 bits per heavy atom. The van der Waals surface area contributed by atoms with Gasteiger partial charge in [0.15, 0.2) is 11.6 Å². The van der Waals surface area contributed by atoms with Gasteiger partial charge in [-0.3, -0.25) is 4.72 Å². The number of carbonyl (C=O) groups is 1. The van der Waals surface area contributed by atoms with E-state index < -0.39 is 16.0 Å². The number of anilines is 3. The summed E-state index contributed by atoms with van der Waals surface area (Å²) in [6.45, 7) is 0. The Balaban J connectivity index is 1.74. The summed E-state index contributed by atoms with van der Waals surface area (Å²) in [6, 6.07) is 19.0. The molecule has 0 amide bonds. The van der Waals surface area contributed by atoms with Crippen molar-refractivity contribution in [3.8, 4) is 0 Å². The number of carbonyl (C=O) groups excluding carboxylic acids is 1. The molecule has 2 N–H and O–H groups in total. The molecule has 4 rings (SSSR count). The minimum Gasteiger partial charge on any atom is -0.545 e. The van der Waals surface area contributed by atoms with E-state index in [1.807, 2.05) is 0 Å². The van der Waals surface area contributed by atoms with E-state index in [4.69, 9.17) is 0 Å². The lowest BCUT2D eigenvalue weighted by Crippen LogP contribution is -2.21. The molecule has 0 aliphatic rings. The number of para-hydroxylation sites is 2. The molecule has 0 radical (unpaired) electrons. The quantitative estimate of drug-likeness (QED) is 0.418. The SMILES string of the molecule is O=C([O-])c1ccc(Nc2nc3ccccc3nc2NS(=O)(=O)c2ccc(Br)cc2)cc1. The Kier molecular flexibility index (Phi) is 5.57. The lowest BCUT2D eigenvalue weighted by Gasteiger charge is -2.14. The van der Waals surface area contributed by atoms with Crippen molar-refractivity contribution in [2.45, 2.75) is 4.90 Å². The normalized spacial score (nSPS) is 11.3. The van der Waals surface area contributed by atoms with Crippen LogP contribution < -0.4 is 15.1 Å². The minimum absolute atomic E-state index is 0.00518. The van der Waals surface area contributed by atoms with Gasteiger partial charge in [0.05, 0.1) is 21.9 Å². The van der Waals surface area contributed by atoms with E-state index >= 15 is 0 Å². The number of carboxylic acid groups (broad SMARTS) is 1. The first-order valence-corrected chi connectivity index (χ1v) is 11.2. The summed E-state index contributed by atoms with van der Waals surface area (Å²) < 4.78 is 29.0. The number of sulfonamides is 1. The zero-order valence-electron chi connectivity index (χ0n) is 15.7. The van der Waals surface area contributed by atoms with Crippen LogP contribution in [0.15, 0.2) is 82.2 Å². The molecule has 8 nitrogen and oxygen atoms in total. The summed E-state index contributed by atoms with van der Waals surface area (Å²) >= 11 is 3.28. The molecule has 0 unspecified atom stereocenters. The Morgan fingerprint density at radius 3 is 2.00 bits per heavy atom. The molecular weight excluding hydrogens is 484 g/mol. The third-order valence-corrected chi connectivity index (χ3v) is 6.19. The first-order valence-electron chi connectivity index (χ1n) is 8.95. The molecule has 0 aliphatic heterocycles. The van der Waals surface area contributed by atoms with Gasteiger partial charge < -0.3 is 15.2 Å². The van der Waals surface area contributed by atoms with Crippen molar-refractivity contribution in [1.82, 2.24) is 9.97 Å². The molecule has 0 fully saturated rings. The van der Waals surface area contributed by atoms with Crippen LogP contribution in [-0.2, 0) is 10.0 Å². The van der Waals surface area contributed by atoms with Crippen molar-refractivity contribution in [2.24, 2.45) is 0 Å². The second-order valence-electron chi connectivity index (χ2n) is 6.46. The highest BCUT2D eigenvalue weighted by Crippen LogP contribution is 2.27. The van der Waals surface area contributed by atoms with Gasteiger partial charge in [0, 0.05) is 10.2 Å². The number of halogens is 1. The van der Waals surface area contributed by atoms with E-state index in [1.54, 1.807) is 36.4 Å². The molecule has 31 heavy (non-hydrogen) atoms. The van der Waals surface area contributed by atoms with Gasteiger partial charge in [0.25, 0.3) is 10.0 Å². The standard InChI is InChI=1S/C21H15BrN4O4S/c22-14-7-11-16(12-8-14)31(29,30)26-20-19(24-17-3-1-2-4-18(17)25-20)23-15-9-5-13(6-10-15)21(27)28/h1-12H,(H,23,24)(H,25,26)(H,27,28)/p-1. The van der Waals surface area contributed by atoms with Crippen LogP contribution in [0.25, 0.3) is 11.0 Å². The van der Waals surface area contributed by atoms with Crippen LogP contribution >= 0.6 is 15.9 Å². The van der Waals surface area contributed by atoms with Crippen LogP contribution in [0, 0.1) is 0 Å². The van der Waals surface area contributed by atoms with E-state index in [2.05, 4.69) is 35.9 Å². The van der Waals surface area contributed by atoms with Crippen LogP contribution in [0.3, 0.4) is 0 Å². The van der Waals surface area contributed by atoms with Gasteiger partial charge in [-0.25, -0.2) is 18.4 Å². The number of rotatable bonds is 6. The fraction of sp³-hybridized carbons (Fsp3) is 0. The van der Waals surface area contributed by atoms with Crippen LogP contribution in [-0.4, -0.2) is 24.4 Å². The third kappa shape index (κ3) is 4.65. The average molecular weight is 498 g/mol. The first kappa shape index (κ1) is 20.8. The van der Waals surface area contributed by atoms with Gasteiger partial charge in [0.2, 0.25) is 0 Å². The summed E-state index contributed by atoms with van der Waals surface area (Å²) in [6.07, 6.45) is 0. The number of fused-ring (bicyclic) bond motifs is 1. The summed E-state index contributed by atoms with van der Waals surface area (Å²) in [7, 11) is -3.93. The molecule has 156 valence electrons. The molecular formula is C21H14BrN4O4S-. The smallest absolute Gasteiger partial charge is 0.263 e. The highest BCUT2D eigenvalue weighted by atomic mass is 79.9. The van der Waals surface area contributed by atoms with Crippen LogP contribution in [0.5, 0.6) is 0 Å².